The van der Waals surface area contributed by atoms with Crippen molar-refractivity contribution in [3.8, 4) is 0 Å². The fraction of sp³-hybridized carbons (Fsp3) is 0.333. The van der Waals surface area contributed by atoms with E-state index >= 15 is 0 Å². The topological polar surface area (TPSA) is 76.9 Å². The maximum Gasteiger partial charge on any atom is 0.294 e. The Morgan fingerprint density at radius 1 is 1.60 bits per heavy atom. The molecule has 1 aromatic carbocycles. The third-order valence-corrected chi connectivity index (χ3v) is 1.95. The van der Waals surface area contributed by atoms with Gasteiger partial charge in [0.1, 0.15) is 18.4 Å². The Kier molecular flexibility index (Phi) is 2.79. The van der Waals surface area contributed by atoms with Crippen LogP contribution in [0.25, 0.3) is 0 Å². The molecule has 1 aromatic rings. The zero-order valence-electron chi connectivity index (χ0n) is 7.88. The van der Waals surface area contributed by atoms with Crippen molar-refractivity contribution in [2.45, 2.75) is 6.10 Å². The first-order valence-corrected chi connectivity index (χ1v) is 4.50. The van der Waals surface area contributed by atoms with Crippen LogP contribution in [0.2, 0.25) is 0 Å². The molecular formula is C9H10N2O4. The molecule has 0 radical (unpaired) electrons. The Labute approximate surface area is 85.9 Å². The summed E-state index contributed by atoms with van der Waals surface area (Å²) in [6.45, 7) is 1.09. The van der Waals surface area contributed by atoms with Crippen molar-refractivity contribution in [3.63, 3.8) is 0 Å². The smallest absolute Gasteiger partial charge is 0.294 e. The maximum atomic E-state index is 10.6. The molecule has 1 heterocycles. The van der Waals surface area contributed by atoms with E-state index in [1.165, 1.54) is 6.07 Å². The molecule has 2 rings (SSSR count). The van der Waals surface area contributed by atoms with Crippen LogP contribution in [0.15, 0.2) is 24.3 Å². The van der Waals surface area contributed by atoms with Gasteiger partial charge in [-0.1, -0.05) is 12.1 Å². The van der Waals surface area contributed by atoms with Crippen molar-refractivity contribution >= 4 is 11.4 Å². The van der Waals surface area contributed by atoms with Crippen LogP contribution in [0, 0.1) is 10.1 Å². The van der Waals surface area contributed by atoms with E-state index in [0.29, 0.717) is 18.9 Å². The second-order valence-corrected chi connectivity index (χ2v) is 3.14. The molecule has 80 valence electrons. The lowest BCUT2D eigenvalue weighted by Gasteiger charge is -2.05. The second-order valence-electron chi connectivity index (χ2n) is 3.14. The Balaban J connectivity index is 1.95. The quantitative estimate of drug-likeness (QED) is 0.450. The van der Waals surface area contributed by atoms with Gasteiger partial charge in [0.2, 0.25) is 0 Å². The Hall–Kier alpha value is -1.66. The number of nitrogens with zero attached hydrogens (tertiary/aromatic N) is 1. The lowest BCUT2D eigenvalue weighted by Crippen LogP contribution is -2.08. The summed E-state index contributed by atoms with van der Waals surface area (Å²) >= 11 is 0. The van der Waals surface area contributed by atoms with Gasteiger partial charge in [0.25, 0.3) is 5.69 Å². The number of hydrogen-bond donors (Lipinski definition) is 1. The maximum absolute atomic E-state index is 10.6. The van der Waals surface area contributed by atoms with Crippen LogP contribution in [-0.4, -0.2) is 24.2 Å². The normalized spacial score (nSPS) is 18.5. The van der Waals surface area contributed by atoms with Crippen molar-refractivity contribution in [1.82, 2.24) is 0 Å². The molecule has 1 aliphatic heterocycles. The number of epoxide rings is 1. The first-order chi connectivity index (χ1) is 7.27. The monoisotopic (exact) mass is 210 g/mol. The molecule has 1 N–H and O–H groups in total. The summed E-state index contributed by atoms with van der Waals surface area (Å²) in [5.74, 6) is 0. The van der Waals surface area contributed by atoms with Crippen LogP contribution in [0.5, 0.6) is 0 Å². The molecule has 6 heteroatoms. The molecule has 15 heavy (non-hydrogen) atoms. The van der Waals surface area contributed by atoms with Crippen molar-refractivity contribution in [1.29, 1.82) is 0 Å². The number of rotatable bonds is 5. The van der Waals surface area contributed by atoms with Gasteiger partial charge in [-0.15, -0.1) is 0 Å². The summed E-state index contributed by atoms with van der Waals surface area (Å²) in [5.41, 5.74) is 2.89. The number of nitro benzene ring substituents is 1. The minimum atomic E-state index is -0.459. The van der Waals surface area contributed by atoms with Gasteiger partial charge < -0.3 is 4.74 Å². The highest BCUT2D eigenvalue weighted by molar-refractivity contribution is 5.59. The Morgan fingerprint density at radius 2 is 2.33 bits per heavy atom. The Morgan fingerprint density at radius 3 is 3.00 bits per heavy atom. The minimum absolute atomic E-state index is 0.00536. The zero-order chi connectivity index (χ0) is 10.7. The fourth-order valence-electron chi connectivity index (χ4n) is 1.10. The predicted octanol–water partition coefficient (Wildman–Crippen LogP) is 1.34. The van der Waals surface area contributed by atoms with Gasteiger partial charge in [-0.2, -0.15) is 0 Å². The predicted molar refractivity (Wildman–Crippen MR) is 52.4 cm³/mol. The molecule has 0 amide bonds. The van der Waals surface area contributed by atoms with Gasteiger partial charge in [-0.3, -0.25) is 20.4 Å². The molecule has 0 spiro atoms. The number of nitrogens with one attached hydrogen (secondary N) is 1. The molecular weight excluding hydrogens is 200 g/mol. The number of ether oxygens (including phenoxy) is 1. The van der Waals surface area contributed by atoms with E-state index in [9.17, 15) is 10.1 Å². The number of benzene rings is 1. The third kappa shape index (κ3) is 2.64. The highest BCUT2D eigenvalue weighted by Gasteiger charge is 2.23. The van der Waals surface area contributed by atoms with Gasteiger partial charge in [0.05, 0.1) is 11.5 Å². The van der Waals surface area contributed by atoms with Gasteiger partial charge in [-0.25, -0.2) is 0 Å². The van der Waals surface area contributed by atoms with E-state index in [-0.39, 0.29) is 11.8 Å². The molecule has 1 atom stereocenters. The summed E-state index contributed by atoms with van der Waals surface area (Å²) in [5, 5.41) is 10.6. The van der Waals surface area contributed by atoms with Crippen LogP contribution in [0.1, 0.15) is 0 Å². The van der Waals surface area contributed by atoms with Gasteiger partial charge in [0.15, 0.2) is 0 Å². The lowest BCUT2D eigenvalue weighted by atomic mass is 10.3. The van der Waals surface area contributed by atoms with Crippen molar-refractivity contribution < 1.29 is 14.5 Å². The van der Waals surface area contributed by atoms with Crippen molar-refractivity contribution in [2.75, 3.05) is 18.7 Å². The molecule has 0 saturated carbocycles. The third-order valence-electron chi connectivity index (χ3n) is 1.95. The molecule has 0 aromatic heterocycles. The van der Waals surface area contributed by atoms with E-state index in [1.54, 1.807) is 18.2 Å². The second kappa shape index (κ2) is 4.24. The number of nitro groups is 1. The molecule has 1 fully saturated rings. The van der Waals surface area contributed by atoms with Crippen LogP contribution in [-0.2, 0) is 9.57 Å². The summed E-state index contributed by atoms with van der Waals surface area (Å²) in [7, 11) is 0. The van der Waals surface area contributed by atoms with Crippen LogP contribution >= 0.6 is 0 Å². The number of para-hydroxylation sites is 2. The molecule has 6 nitrogen and oxygen atoms in total. The number of anilines is 1. The van der Waals surface area contributed by atoms with Crippen LogP contribution < -0.4 is 5.48 Å². The van der Waals surface area contributed by atoms with E-state index < -0.39 is 4.92 Å². The highest BCUT2D eigenvalue weighted by Crippen LogP contribution is 2.23. The fourth-order valence-corrected chi connectivity index (χ4v) is 1.10. The Bertz CT molecular complexity index is 365. The summed E-state index contributed by atoms with van der Waals surface area (Å²) in [6, 6.07) is 6.31. The standard InChI is InChI=1S/C9H10N2O4/c12-11(13)9-4-2-1-3-8(9)10-15-6-7-5-14-7/h1-4,7,10H,5-6H2/t7-/m0/s1. The SMILES string of the molecule is O=[N+]([O-])c1ccccc1NOC[C@@H]1CO1. The van der Waals surface area contributed by atoms with E-state index in [0.717, 1.165) is 0 Å². The molecule has 1 aliphatic rings. The van der Waals surface area contributed by atoms with E-state index in [1.807, 2.05) is 0 Å². The summed E-state index contributed by atoms with van der Waals surface area (Å²) < 4.78 is 4.93. The summed E-state index contributed by atoms with van der Waals surface area (Å²) in [6.07, 6.45) is 0.125. The van der Waals surface area contributed by atoms with Gasteiger partial charge in [0, 0.05) is 6.07 Å². The van der Waals surface area contributed by atoms with Crippen molar-refractivity contribution in [2.24, 2.45) is 0 Å². The highest BCUT2D eigenvalue weighted by atomic mass is 16.7. The first kappa shape index (κ1) is 9.88. The zero-order valence-corrected chi connectivity index (χ0v) is 7.88. The van der Waals surface area contributed by atoms with E-state index in [2.05, 4.69) is 5.48 Å². The summed E-state index contributed by atoms with van der Waals surface area (Å²) in [4.78, 5) is 15.2. The van der Waals surface area contributed by atoms with Gasteiger partial charge >= 0.3 is 0 Å². The minimum Gasteiger partial charge on any atom is -0.371 e. The molecule has 0 unspecified atom stereocenters. The van der Waals surface area contributed by atoms with Crippen LogP contribution in [0.4, 0.5) is 11.4 Å². The average molecular weight is 210 g/mol. The lowest BCUT2D eigenvalue weighted by molar-refractivity contribution is -0.384. The van der Waals surface area contributed by atoms with Gasteiger partial charge in [-0.05, 0) is 6.07 Å². The van der Waals surface area contributed by atoms with E-state index in [4.69, 9.17) is 9.57 Å². The largest absolute Gasteiger partial charge is 0.371 e. The molecule has 0 bridgehead atoms. The first-order valence-electron chi connectivity index (χ1n) is 4.50. The molecule has 0 aliphatic carbocycles. The van der Waals surface area contributed by atoms with Crippen LogP contribution in [0.3, 0.4) is 0 Å². The average Bonchev–Trinajstić information content (AvgIpc) is 3.02. The van der Waals surface area contributed by atoms with Crippen molar-refractivity contribution in [3.05, 3.63) is 34.4 Å². The number of hydrogen-bond acceptors (Lipinski definition) is 5. The molecule has 1 saturated heterocycles.